The van der Waals surface area contributed by atoms with Crippen molar-refractivity contribution in [2.45, 2.75) is 31.7 Å². The molecule has 1 aliphatic carbocycles. The Morgan fingerprint density at radius 2 is 1.45 bits per heavy atom. The van der Waals surface area contributed by atoms with Crippen LogP contribution in [0.2, 0.25) is 0 Å². The van der Waals surface area contributed by atoms with Crippen LogP contribution in [-0.4, -0.2) is 13.0 Å². The van der Waals surface area contributed by atoms with Gasteiger partial charge in [0.1, 0.15) is 5.75 Å². The Morgan fingerprint density at radius 3 is 2.06 bits per heavy atom. The standard InChI is InChI=1S/C28H29NO2/c1-31-25-18-16-24(17-19-25)28(23-14-6-3-7-15-23)29-27(30)20-26(22-12-8-9-13-22)21-10-4-2-5-11-21/h2-7,10-11,14-20,22,28H,8-9,12-13H2,1H3,(H,29,30)/b26-20-/t28-/m1/s1. The smallest absolute Gasteiger partial charge is 0.245 e. The number of allylic oxidation sites excluding steroid dienone is 1. The zero-order valence-electron chi connectivity index (χ0n) is 18.0. The summed E-state index contributed by atoms with van der Waals surface area (Å²) in [7, 11) is 1.66. The third-order valence-corrected chi connectivity index (χ3v) is 6.06. The molecule has 0 radical (unpaired) electrons. The maximum atomic E-state index is 13.3. The largest absolute Gasteiger partial charge is 0.497 e. The SMILES string of the molecule is COc1ccc([C@H](NC(=O)/C=C(/c2ccccc2)C2CCCC2)c2ccccc2)cc1. The van der Waals surface area contributed by atoms with E-state index in [2.05, 4.69) is 17.4 Å². The second-order valence-electron chi connectivity index (χ2n) is 8.07. The normalized spacial score (nSPS) is 15.5. The second-order valence-corrected chi connectivity index (χ2v) is 8.07. The van der Waals surface area contributed by atoms with Crippen molar-refractivity contribution in [3.63, 3.8) is 0 Å². The van der Waals surface area contributed by atoms with Gasteiger partial charge in [0.2, 0.25) is 5.91 Å². The number of carbonyl (C=O) groups is 1. The van der Waals surface area contributed by atoms with E-state index >= 15 is 0 Å². The molecule has 3 nitrogen and oxygen atoms in total. The Balaban J connectivity index is 1.64. The van der Waals surface area contributed by atoms with Crippen LogP contribution in [0.5, 0.6) is 5.75 Å². The molecule has 0 bridgehead atoms. The lowest BCUT2D eigenvalue weighted by Gasteiger charge is -2.21. The van der Waals surface area contributed by atoms with E-state index in [-0.39, 0.29) is 11.9 Å². The number of methoxy groups -OCH3 is 1. The van der Waals surface area contributed by atoms with Crippen molar-refractivity contribution in [3.05, 3.63) is 108 Å². The van der Waals surface area contributed by atoms with E-state index in [1.165, 1.54) is 12.8 Å². The summed E-state index contributed by atoms with van der Waals surface area (Å²) in [6, 6.07) is 28.1. The van der Waals surface area contributed by atoms with E-state index in [4.69, 9.17) is 4.74 Å². The maximum Gasteiger partial charge on any atom is 0.245 e. The summed E-state index contributed by atoms with van der Waals surface area (Å²) in [6.07, 6.45) is 6.58. The quantitative estimate of drug-likeness (QED) is 0.472. The van der Waals surface area contributed by atoms with Gasteiger partial charge in [-0.25, -0.2) is 0 Å². The highest BCUT2D eigenvalue weighted by atomic mass is 16.5. The van der Waals surface area contributed by atoms with Gasteiger partial charge in [-0.2, -0.15) is 0 Å². The van der Waals surface area contributed by atoms with Gasteiger partial charge in [-0.3, -0.25) is 4.79 Å². The lowest BCUT2D eigenvalue weighted by molar-refractivity contribution is -0.116. The Morgan fingerprint density at radius 1 is 0.871 bits per heavy atom. The van der Waals surface area contributed by atoms with Gasteiger partial charge in [0.05, 0.1) is 13.2 Å². The van der Waals surface area contributed by atoms with Crippen LogP contribution in [0.4, 0.5) is 0 Å². The van der Waals surface area contributed by atoms with E-state index in [9.17, 15) is 4.79 Å². The number of nitrogens with one attached hydrogen (secondary N) is 1. The molecule has 1 aliphatic rings. The minimum absolute atomic E-state index is 0.0598. The summed E-state index contributed by atoms with van der Waals surface area (Å²) in [5.41, 5.74) is 4.37. The number of benzene rings is 3. The van der Waals surface area contributed by atoms with E-state index in [0.717, 1.165) is 40.9 Å². The summed E-state index contributed by atoms with van der Waals surface area (Å²) < 4.78 is 5.30. The molecular formula is C28H29NO2. The monoisotopic (exact) mass is 411 g/mol. The molecule has 0 aliphatic heterocycles. The fraction of sp³-hybridized carbons (Fsp3) is 0.250. The van der Waals surface area contributed by atoms with Crippen molar-refractivity contribution in [2.75, 3.05) is 7.11 Å². The summed E-state index contributed by atoms with van der Waals surface area (Å²) in [5.74, 6) is 1.19. The summed E-state index contributed by atoms with van der Waals surface area (Å²) in [6.45, 7) is 0. The Kier molecular flexibility index (Phi) is 6.83. The van der Waals surface area contributed by atoms with Gasteiger partial charge in [0.15, 0.2) is 0 Å². The van der Waals surface area contributed by atoms with Crippen molar-refractivity contribution in [3.8, 4) is 5.75 Å². The van der Waals surface area contributed by atoms with Crippen molar-refractivity contribution in [2.24, 2.45) is 5.92 Å². The minimum atomic E-state index is -0.226. The molecule has 1 saturated carbocycles. The molecule has 0 aromatic heterocycles. The van der Waals surface area contributed by atoms with Gasteiger partial charge >= 0.3 is 0 Å². The lowest BCUT2D eigenvalue weighted by Crippen LogP contribution is -2.28. The van der Waals surface area contributed by atoms with E-state index in [0.29, 0.717) is 5.92 Å². The highest BCUT2D eigenvalue weighted by molar-refractivity contribution is 5.96. The molecule has 3 aromatic carbocycles. The fourth-order valence-corrected chi connectivity index (χ4v) is 4.43. The van der Waals surface area contributed by atoms with Crippen LogP contribution in [0, 0.1) is 5.92 Å². The Bertz CT molecular complexity index is 1000. The molecule has 0 spiro atoms. The first-order valence-corrected chi connectivity index (χ1v) is 11.0. The third kappa shape index (κ3) is 5.24. The Labute approximate surface area is 184 Å². The van der Waals surface area contributed by atoms with E-state index in [1.807, 2.05) is 78.9 Å². The van der Waals surface area contributed by atoms with Gasteiger partial charge in [-0.05, 0) is 53.2 Å². The lowest BCUT2D eigenvalue weighted by atomic mass is 9.90. The zero-order chi connectivity index (χ0) is 21.5. The van der Waals surface area contributed by atoms with Crippen molar-refractivity contribution in [1.82, 2.24) is 5.32 Å². The van der Waals surface area contributed by atoms with E-state index in [1.54, 1.807) is 7.11 Å². The molecule has 31 heavy (non-hydrogen) atoms. The average Bonchev–Trinajstić information content (AvgIpc) is 3.37. The van der Waals surface area contributed by atoms with Crippen LogP contribution in [0.15, 0.2) is 91.0 Å². The van der Waals surface area contributed by atoms with Gasteiger partial charge in [-0.1, -0.05) is 85.6 Å². The number of hydrogen-bond donors (Lipinski definition) is 1. The van der Waals surface area contributed by atoms with Crippen LogP contribution in [-0.2, 0) is 4.79 Å². The van der Waals surface area contributed by atoms with Crippen LogP contribution in [0.25, 0.3) is 5.57 Å². The first kappa shape index (κ1) is 20.9. The van der Waals surface area contributed by atoms with Gasteiger partial charge < -0.3 is 10.1 Å². The molecule has 0 unspecified atom stereocenters. The zero-order valence-corrected chi connectivity index (χ0v) is 18.0. The van der Waals surface area contributed by atoms with Crippen molar-refractivity contribution >= 4 is 11.5 Å². The van der Waals surface area contributed by atoms with Crippen LogP contribution in [0.1, 0.15) is 48.4 Å². The second kappa shape index (κ2) is 10.1. The number of rotatable bonds is 7. The van der Waals surface area contributed by atoms with Crippen LogP contribution < -0.4 is 10.1 Å². The Hall–Kier alpha value is -3.33. The average molecular weight is 412 g/mol. The highest BCUT2D eigenvalue weighted by Gasteiger charge is 2.22. The molecule has 3 heteroatoms. The predicted octanol–water partition coefficient (Wildman–Crippen LogP) is 6.17. The van der Waals surface area contributed by atoms with Gasteiger partial charge in [0.25, 0.3) is 0 Å². The molecular weight excluding hydrogens is 382 g/mol. The molecule has 1 fully saturated rings. The molecule has 1 atom stereocenters. The number of carbonyl (C=O) groups excluding carboxylic acids is 1. The highest BCUT2D eigenvalue weighted by Crippen LogP contribution is 2.36. The van der Waals surface area contributed by atoms with E-state index < -0.39 is 0 Å². The summed E-state index contributed by atoms with van der Waals surface area (Å²) in [4.78, 5) is 13.3. The molecule has 4 rings (SSSR count). The number of hydrogen-bond acceptors (Lipinski definition) is 2. The molecule has 1 amide bonds. The first-order valence-electron chi connectivity index (χ1n) is 11.0. The first-order chi connectivity index (χ1) is 15.2. The minimum Gasteiger partial charge on any atom is -0.497 e. The molecule has 158 valence electrons. The number of amides is 1. The van der Waals surface area contributed by atoms with Gasteiger partial charge in [0, 0.05) is 6.08 Å². The molecule has 0 saturated heterocycles. The van der Waals surface area contributed by atoms with Crippen LogP contribution in [0.3, 0.4) is 0 Å². The van der Waals surface area contributed by atoms with Crippen LogP contribution >= 0.6 is 0 Å². The summed E-state index contributed by atoms with van der Waals surface area (Å²) in [5, 5.41) is 3.25. The number of ether oxygens (including phenoxy) is 1. The molecule has 0 heterocycles. The fourth-order valence-electron chi connectivity index (χ4n) is 4.43. The van der Waals surface area contributed by atoms with Crippen molar-refractivity contribution < 1.29 is 9.53 Å². The molecule has 3 aromatic rings. The topological polar surface area (TPSA) is 38.3 Å². The summed E-state index contributed by atoms with van der Waals surface area (Å²) >= 11 is 0. The van der Waals surface area contributed by atoms with Gasteiger partial charge in [-0.15, -0.1) is 0 Å². The third-order valence-electron chi connectivity index (χ3n) is 6.06. The molecule has 1 N–H and O–H groups in total. The van der Waals surface area contributed by atoms with Crippen molar-refractivity contribution in [1.29, 1.82) is 0 Å². The predicted molar refractivity (Wildman–Crippen MR) is 126 cm³/mol. The maximum absolute atomic E-state index is 13.3.